The number of ether oxygens (including phenoxy) is 2. The maximum absolute atomic E-state index is 13.6. The number of halogens is 3. The van der Waals surface area contributed by atoms with Crippen molar-refractivity contribution in [2.75, 3.05) is 50.2 Å². The molecule has 0 saturated carbocycles. The molecule has 0 aliphatic carbocycles. The molecule has 6 nitrogen and oxygen atoms in total. The van der Waals surface area contributed by atoms with Gasteiger partial charge in [0.2, 0.25) is 5.91 Å². The minimum Gasteiger partial charge on any atom is -0.496 e. The molecule has 0 unspecified atom stereocenters. The highest BCUT2D eigenvalue weighted by Crippen LogP contribution is 2.41. The van der Waals surface area contributed by atoms with Crippen molar-refractivity contribution in [2.45, 2.75) is 25.1 Å². The largest absolute Gasteiger partial charge is 0.496 e. The van der Waals surface area contributed by atoms with Gasteiger partial charge in [-0.1, -0.05) is 30.3 Å². The number of carbonyl (C=O) groups is 1. The normalized spacial score (nSPS) is 18.7. The Morgan fingerprint density at radius 3 is 2.41 bits per heavy atom. The summed E-state index contributed by atoms with van der Waals surface area (Å²) >= 11 is 0. The number of hydrogen-bond donors (Lipinski definition) is 1. The van der Waals surface area contributed by atoms with E-state index in [1.165, 1.54) is 6.07 Å². The molecule has 1 fully saturated rings. The number of alkyl halides is 3. The van der Waals surface area contributed by atoms with Crippen molar-refractivity contribution in [1.29, 1.82) is 0 Å². The molecule has 3 aromatic rings. The number of nitrogens with one attached hydrogen (secondary N) is 1. The molecule has 1 amide bonds. The first-order valence-electron chi connectivity index (χ1n) is 13.0. The van der Waals surface area contributed by atoms with E-state index in [-0.39, 0.29) is 18.4 Å². The number of fused-ring (bicyclic) bond motifs is 3. The number of anilines is 2. The number of para-hydroxylation sites is 3. The maximum atomic E-state index is 13.6. The summed E-state index contributed by atoms with van der Waals surface area (Å²) in [4.78, 5) is 17.9. The molecule has 206 valence electrons. The van der Waals surface area contributed by atoms with E-state index >= 15 is 0 Å². The summed E-state index contributed by atoms with van der Waals surface area (Å²) in [7, 11) is 3.24. The van der Waals surface area contributed by atoms with Gasteiger partial charge in [-0.15, -0.1) is 0 Å². The second-order valence-electron chi connectivity index (χ2n) is 9.88. The van der Waals surface area contributed by atoms with Crippen molar-refractivity contribution in [3.63, 3.8) is 0 Å². The molecule has 0 aromatic heterocycles. The molecular weight excluding hydrogens is 507 g/mol. The number of methoxy groups -OCH3 is 2. The lowest BCUT2D eigenvalue weighted by molar-refractivity contribution is -0.137. The quantitative estimate of drug-likeness (QED) is 0.461. The molecule has 2 aliphatic heterocycles. The Balaban J connectivity index is 1.41. The van der Waals surface area contributed by atoms with Gasteiger partial charge in [0.15, 0.2) is 0 Å². The number of benzene rings is 3. The lowest BCUT2D eigenvalue weighted by Gasteiger charge is -2.49. The second-order valence-corrected chi connectivity index (χ2v) is 9.88. The number of rotatable bonds is 7. The fraction of sp³-hybridized carbons (Fsp3) is 0.367. The summed E-state index contributed by atoms with van der Waals surface area (Å²) in [5.41, 5.74) is 2.55. The van der Waals surface area contributed by atoms with E-state index in [4.69, 9.17) is 9.47 Å². The van der Waals surface area contributed by atoms with Gasteiger partial charge in [0, 0.05) is 31.9 Å². The summed E-state index contributed by atoms with van der Waals surface area (Å²) in [6.45, 7) is 2.17. The number of nitrogens with zero attached hydrogens (tertiary/aromatic N) is 2. The fourth-order valence-corrected chi connectivity index (χ4v) is 5.77. The fourth-order valence-electron chi connectivity index (χ4n) is 5.77. The first kappa shape index (κ1) is 26.7. The predicted molar refractivity (Wildman–Crippen MR) is 145 cm³/mol. The molecule has 2 aliphatic rings. The Bertz CT molecular complexity index is 1330. The van der Waals surface area contributed by atoms with Crippen LogP contribution in [0.3, 0.4) is 0 Å². The monoisotopic (exact) mass is 539 g/mol. The molecular formula is C30H32F3N3O3. The zero-order chi connectivity index (χ0) is 27.6. The third-order valence-electron chi connectivity index (χ3n) is 7.69. The minimum absolute atomic E-state index is 0.162. The molecule has 2 atom stereocenters. The topological polar surface area (TPSA) is 54.0 Å². The van der Waals surface area contributed by atoms with E-state index in [0.717, 1.165) is 34.5 Å². The smallest absolute Gasteiger partial charge is 0.416 e. The van der Waals surface area contributed by atoms with Crippen LogP contribution in [-0.2, 0) is 23.8 Å². The van der Waals surface area contributed by atoms with E-state index in [9.17, 15) is 18.0 Å². The van der Waals surface area contributed by atoms with Crippen LogP contribution in [0, 0.1) is 5.92 Å². The van der Waals surface area contributed by atoms with E-state index in [1.54, 1.807) is 20.3 Å². The lowest BCUT2D eigenvalue weighted by Crippen LogP contribution is -2.61. The van der Waals surface area contributed by atoms with Crippen molar-refractivity contribution in [2.24, 2.45) is 5.92 Å². The third-order valence-corrected chi connectivity index (χ3v) is 7.69. The van der Waals surface area contributed by atoms with Gasteiger partial charge in [-0.25, -0.2) is 0 Å². The van der Waals surface area contributed by atoms with E-state index in [2.05, 4.69) is 15.1 Å². The summed E-state index contributed by atoms with van der Waals surface area (Å²) in [5.74, 6) is 0.819. The number of hydrogen-bond acceptors (Lipinski definition) is 5. The van der Waals surface area contributed by atoms with Gasteiger partial charge >= 0.3 is 6.18 Å². The second kappa shape index (κ2) is 11.1. The highest BCUT2D eigenvalue weighted by atomic mass is 19.4. The predicted octanol–water partition coefficient (Wildman–Crippen LogP) is 4.95. The highest BCUT2D eigenvalue weighted by molar-refractivity contribution is 5.82. The van der Waals surface area contributed by atoms with Crippen molar-refractivity contribution in [3.05, 3.63) is 83.4 Å². The number of piperazine rings is 1. The van der Waals surface area contributed by atoms with Gasteiger partial charge in [-0.05, 0) is 60.4 Å². The number of amides is 1. The van der Waals surface area contributed by atoms with Crippen LogP contribution >= 0.6 is 0 Å². The maximum Gasteiger partial charge on any atom is 0.416 e. The van der Waals surface area contributed by atoms with Crippen LogP contribution in [0.4, 0.5) is 24.5 Å². The van der Waals surface area contributed by atoms with E-state index < -0.39 is 17.7 Å². The van der Waals surface area contributed by atoms with Crippen molar-refractivity contribution < 1.29 is 27.4 Å². The first-order valence-corrected chi connectivity index (χ1v) is 13.0. The third kappa shape index (κ3) is 5.48. The van der Waals surface area contributed by atoms with Crippen LogP contribution in [0.15, 0.2) is 66.7 Å². The Hall–Kier alpha value is -3.88. The van der Waals surface area contributed by atoms with Crippen LogP contribution in [0.5, 0.6) is 11.5 Å². The molecule has 0 radical (unpaired) electrons. The number of carbonyl (C=O) groups excluding carboxylic acids is 1. The van der Waals surface area contributed by atoms with E-state index in [0.29, 0.717) is 38.2 Å². The van der Waals surface area contributed by atoms with Gasteiger partial charge in [-0.2, -0.15) is 13.2 Å². The molecule has 1 N–H and O–H groups in total. The molecule has 39 heavy (non-hydrogen) atoms. The Morgan fingerprint density at radius 2 is 1.67 bits per heavy atom. The van der Waals surface area contributed by atoms with Crippen LogP contribution in [0.1, 0.15) is 16.7 Å². The van der Waals surface area contributed by atoms with Crippen LogP contribution in [-0.4, -0.2) is 52.3 Å². The summed E-state index contributed by atoms with van der Waals surface area (Å²) in [5, 5.41) is 3.05. The summed E-state index contributed by atoms with van der Waals surface area (Å²) < 4.78 is 51.6. The molecule has 9 heteroatoms. The van der Waals surface area contributed by atoms with Crippen molar-refractivity contribution >= 4 is 17.3 Å². The van der Waals surface area contributed by atoms with Gasteiger partial charge < -0.3 is 24.6 Å². The SMILES string of the molecule is COc1ccccc1CCNC(=O)[C@H]1Cc2cc(C(F)(F)F)ccc2N2CCN(c3ccccc3OC)C[C@H]12. The summed E-state index contributed by atoms with van der Waals surface area (Å²) in [6, 6.07) is 19.1. The average molecular weight is 540 g/mol. The van der Waals surface area contributed by atoms with Crippen LogP contribution in [0.2, 0.25) is 0 Å². The Labute approximate surface area is 226 Å². The zero-order valence-electron chi connectivity index (χ0n) is 22.0. The Kier molecular flexibility index (Phi) is 7.59. The van der Waals surface area contributed by atoms with Crippen molar-refractivity contribution in [1.82, 2.24) is 5.32 Å². The molecule has 5 rings (SSSR count). The summed E-state index contributed by atoms with van der Waals surface area (Å²) in [6.07, 6.45) is -3.62. The van der Waals surface area contributed by atoms with Gasteiger partial charge in [0.05, 0.1) is 37.4 Å². The van der Waals surface area contributed by atoms with Gasteiger partial charge in [0.25, 0.3) is 0 Å². The lowest BCUT2D eigenvalue weighted by atomic mass is 9.82. The van der Waals surface area contributed by atoms with Crippen LogP contribution in [0.25, 0.3) is 0 Å². The van der Waals surface area contributed by atoms with Gasteiger partial charge in [-0.3, -0.25) is 4.79 Å². The highest BCUT2D eigenvalue weighted by Gasteiger charge is 2.43. The zero-order valence-corrected chi connectivity index (χ0v) is 22.0. The molecule has 3 aromatic carbocycles. The average Bonchev–Trinajstić information content (AvgIpc) is 2.95. The van der Waals surface area contributed by atoms with Gasteiger partial charge in [0.1, 0.15) is 11.5 Å². The molecule has 1 saturated heterocycles. The van der Waals surface area contributed by atoms with Crippen LogP contribution < -0.4 is 24.6 Å². The molecule has 0 bridgehead atoms. The van der Waals surface area contributed by atoms with Crippen molar-refractivity contribution in [3.8, 4) is 11.5 Å². The Morgan fingerprint density at radius 1 is 0.949 bits per heavy atom. The van der Waals surface area contributed by atoms with E-state index in [1.807, 2.05) is 48.5 Å². The minimum atomic E-state index is -4.44. The molecule has 0 spiro atoms. The first-order chi connectivity index (χ1) is 18.8. The molecule has 2 heterocycles. The standard InChI is InChI=1S/C30H32F3N3O3/c1-38-27-9-5-3-7-20(27)13-14-34-29(37)23-18-21-17-22(30(31,32)33)11-12-24(21)36-16-15-35(19-26(23)36)25-8-4-6-10-28(25)39-2/h3-12,17,23,26H,13-16,18-19H2,1-2H3,(H,34,37)/t23-,26+/m0/s1.